The molecule has 1 atom stereocenters. The Morgan fingerprint density at radius 1 is 1.15 bits per heavy atom. The van der Waals surface area contributed by atoms with Crippen molar-refractivity contribution in [2.75, 3.05) is 6.61 Å². The molecule has 106 valence electrons. The van der Waals surface area contributed by atoms with Gasteiger partial charge in [-0.2, -0.15) is 0 Å². The maximum absolute atomic E-state index is 13.2. The summed E-state index contributed by atoms with van der Waals surface area (Å²) in [5, 5.41) is 10.1. The maximum Gasteiger partial charge on any atom is 0.126 e. The molecule has 0 aliphatic heterocycles. The highest BCUT2D eigenvalue weighted by molar-refractivity contribution is 5.28. The van der Waals surface area contributed by atoms with Crippen LogP contribution in [0.3, 0.4) is 0 Å². The molecular weight excluding hydrogens is 255 g/mol. The zero-order valence-electron chi connectivity index (χ0n) is 11.8. The van der Waals surface area contributed by atoms with Crippen LogP contribution in [-0.2, 0) is 0 Å². The van der Waals surface area contributed by atoms with Crippen LogP contribution in [0.15, 0.2) is 42.5 Å². The fourth-order valence-electron chi connectivity index (χ4n) is 2.04. The Morgan fingerprint density at radius 3 is 2.65 bits per heavy atom. The number of ether oxygens (including phenoxy) is 1. The summed E-state index contributed by atoms with van der Waals surface area (Å²) in [6.07, 6.45) is -0.168. The van der Waals surface area contributed by atoms with E-state index in [1.54, 1.807) is 19.1 Å². The second kappa shape index (κ2) is 6.53. The van der Waals surface area contributed by atoms with Gasteiger partial charge in [0.15, 0.2) is 0 Å². The molecule has 0 aliphatic carbocycles. The number of hydrogen-bond acceptors (Lipinski definition) is 2. The number of benzene rings is 2. The molecule has 3 heteroatoms. The van der Waals surface area contributed by atoms with Gasteiger partial charge in [-0.25, -0.2) is 4.39 Å². The minimum Gasteiger partial charge on any atom is -0.493 e. The smallest absolute Gasteiger partial charge is 0.126 e. The second-order valence-corrected chi connectivity index (χ2v) is 4.98. The number of aliphatic hydroxyl groups is 1. The third-order valence-electron chi connectivity index (χ3n) is 3.22. The van der Waals surface area contributed by atoms with Gasteiger partial charge in [-0.05, 0) is 48.7 Å². The molecule has 2 rings (SSSR count). The Bertz CT molecular complexity index is 581. The minimum absolute atomic E-state index is 0.253. The highest BCUT2D eigenvalue weighted by Gasteiger charge is 2.09. The number of halogens is 1. The summed E-state index contributed by atoms with van der Waals surface area (Å²) in [6.45, 7) is 4.11. The van der Waals surface area contributed by atoms with E-state index < -0.39 is 6.10 Å². The number of aryl methyl sites for hydroxylation is 2. The van der Waals surface area contributed by atoms with E-state index in [9.17, 15) is 9.50 Å². The van der Waals surface area contributed by atoms with E-state index in [0.717, 1.165) is 16.9 Å². The molecule has 20 heavy (non-hydrogen) atoms. The van der Waals surface area contributed by atoms with Crippen molar-refractivity contribution in [2.45, 2.75) is 26.4 Å². The quantitative estimate of drug-likeness (QED) is 0.894. The van der Waals surface area contributed by atoms with E-state index in [0.29, 0.717) is 18.6 Å². The van der Waals surface area contributed by atoms with Crippen LogP contribution in [0.4, 0.5) is 4.39 Å². The zero-order chi connectivity index (χ0) is 14.5. The summed E-state index contributed by atoms with van der Waals surface area (Å²) in [7, 11) is 0. The first-order valence-electron chi connectivity index (χ1n) is 6.70. The average Bonchev–Trinajstić information content (AvgIpc) is 2.42. The minimum atomic E-state index is -0.640. The molecule has 0 saturated heterocycles. The highest BCUT2D eigenvalue weighted by Crippen LogP contribution is 2.20. The number of aliphatic hydroxyl groups excluding tert-OH is 1. The first-order chi connectivity index (χ1) is 9.56. The second-order valence-electron chi connectivity index (χ2n) is 4.98. The fraction of sp³-hybridized carbons (Fsp3) is 0.294. The SMILES string of the molecule is Cc1cccc(OCCC(O)c2ccc(F)c(C)c2)c1. The fourth-order valence-corrected chi connectivity index (χ4v) is 2.04. The van der Waals surface area contributed by atoms with Crippen LogP contribution in [0.5, 0.6) is 5.75 Å². The van der Waals surface area contributed by atoms with E-state index in [2.05, 4.69) is 0 Å². The molecule has 0 saturated carbocycles. The van der Waals surface area contributed by atoms with Gasteiger partial charge in [0.25, 0.3) is 0 Å². The standard InChI is InChI=1S/C17H19FO2/c1-12-4-3-5-15(10-12)20-9-8-17(19)14-6-7-16(18)13(2)11-14/h3-7,10-11,17,19H,8-9H2,1-2H3. The Kier molecular flexibility index (Phi) is 4.74. The predicted molar refractivity (Wildman–Crippen MR) is 77.4 cm³/mol. The Hall–Kier alpha value is -1.87. The van der Waals surface area contributed by atoms with Crippen molar-refractivity contribution in [3.05, 3.63) is 65.0 Å². The first-order valence-corrected chi connectivity index (χ1v) is 6.70. The molecule has 0 spiro atoms. The molecule has 0 fully saturated rings. The molecular formula is C17H19FO2. The molecule has 2 aromatic carbocycles. The number of hydrogen-bond donors (Lipinski definition) is 1. The maximum atomic E-state index is 13.2. The van der Waals surface area contributed by atoms with Crippen molar-refractivity contribution in [3.8, 4) is 5.75 Å². The third-order valence-corrected chi connectivity index (χ3v) is 3.22. The molecule has 0 aliphatic rings. The lowest BCUT2D eigenvalue weighted by molar-refractivity contribution is 0.140. The first kappa shape index (κ1) is 14.5. The van der Waals surface area contributed by atoms with Gasteiger partial charge in [-0.3, -0.25) is 0 Å². The van der Waals surface area contributed by atoms with Crippen molar-refractivity contribution < 1.29 is 14.2 Å². The molecule has 0 amide bonds. The molecule has 2 aromatic rings. The monoisotopic (exact) mass is 274 g/mol. The summed E-state index contributed by atoms with van der Waals surface area (Å²) in [6, 6.07) is 12.4. The van der Waals surface area contributed by atoms with Gasteiger partial charge in [0.1, 0.15) is 11.6 Å². The zero-order valence-corrected chi connectivity index (χ0v) is 11.8. The lowest BCUT2D eigenvalue weighted by Crippen LogP contribution is -2.06. The van der Waals surface area contributed by atoms with Crippen molar-refractivity contribution in [2.24, 2.45) is 0 Å². The van der Waals surface area contributed by atoms with E-state index in [1.807, 2.05) is 31.2 Å². The molecule has 1 N–H and O–H groups in total. The van der Waals surface area contributed by atoms with Crippen LogP contribution in [0.2, 0.25) is 0 Å². The molecule has 0 bridgehead atoms. The largest absolute Gasteiger partial charge is 0.493 e. The van der Waals surface area contributed by atoms with Crippen LogP contribution in [0.1, 0.15) is 29.2 Å². The van der Waals surface area contributed by atoms with E-state index in [4.69, 9.17) is 4.74 Å². The van der Waals surface area contributed by atoms with Crippen LogP contribution in [0.25, 0.3) is 0 Å². The van der Waals surface area contributed by atoms with Gasteiger partial charge in [0.2, 0.25) is 0 Å². The predicted octanol–water partition coefficient (Wildman–Crippen LogP) is 3.95. The highest BCUT2D eigenvalue weighted by atomic mass is 19.1. The Morgan fingerprint density at radius 2 is 1.95 bits per heavy atom. The van der Waals surface area contributed by atoms with Crippen LogP contribution >= 0.6 is 0 Å². The molecule has 1 unspecified atom stereocenters. The summed E-state index contributed by atoms with van der Waals surface area (Å²) in [5.74, 6) is 0.546. The van der Waals surface area contributed by atoms with E-state index in [-0.39, 0.29) is 5.82 Å². The van der Waals surface area contributed by atoms with Crippen LogP contribution < -0.4 is 4.74 Å². The third kappa shape index (κ3) is 3.81. The van der Waals surface area contributed by atoms with Gasteiger partial charge in [0.05, 0.1) is 12.7 Å². The average molecular weight is 274 g/mol. The summed E-state index contributed by atoms with van der Waals surface area (Å²) >= 11 is 0. The van der Waals surface area contributed by atoms with Crippen molar-refractivity contribution in [1.29, 1.82) is 0 Å². The lowest BCUT2D eigenvalue weighted by atomic mass is 10.0. The molecule has 0 heterocycles. The van der Waals surface area contributed by atoms with Crippen LogP contribution in [0, 0.1) is 19.7 Å². The van der Waals surface area contributed by atoms with Gasteiger partial charge >= 0.3 is 0 Å². The van der Waals surface area contributed by atoms with E-state index >= 15 is 0 Å². The summed E-state index contributed by atoms with van der Waals surface area (Å²) in [4.78, 5) is 0. The molecule has 0 radical (unpaired) electrons. The molecule has 0 aromatic heterocycles. The topological polar surface area (TPSA) is 29.5 Å². The Labute approximate surface area is 118 Å². The Balaban J connectivity index is 1.88. The van der Waals surface area contributed by atoms with E-state index in [1.165, 1.54) is 6.07 Å². The molecule has 2 nitrogen and oxygen atoms in total. The van der Waals surface area contributed by atoms with Crippen LogP contribution in [-0.4, -0.2) is 11.7 Å². The summed E-state index contributed by atoms with van der Waals surface area (Å²) in [5.41, 5.74) is 2.40. The normalized spacial score (nSPS) is 12.2. The number of rotatable bonds is 5. The van der Waals surface area contributed by atoms with Crippen molar-refractivity contribution >= 4 is 0 Å². The van der Waals surface area contributed by atoms with Gasteiger partial charge in [0, 0.05) is 6.42 Å². The van der Waals surface area contributed by atoms with Gasteiger partial charge < -0.3 is 9.84 Å². The van der Waals surface area contributed by atoms with Gasteiger partial charge in [-0.15, -0.1) is 0 Å². The summed E-state index contributed by atoms with van der Waals surface area (Å²) < 4.78 is 18.8. The van der Waals surface area contributed by atoms with Crippen molar-refractivity contribution in [1.82, 2.24) is 0 Å². The van der Waals surface area contributed by atoms with Gasteiger partial charge in [-0.1, -0.05) is 24.3 Å². The van der Waals surface area contributed by atoms with Crippen molar-refractivity contribution in [3.63, 3.8) is 0 Å². The lowest BCUT2D eigenvalue weighted by Gasteiger charge is -2.13.